The summed E-state index contributed by atoms with van der Waals surface area (Å²) in [6, 6.07) is 6.21. The van der Waals surface area contributed by atoms with E-state index in [0.29, 0.717) is 43.3 Å². The molecule has 1 N–H and O–H groups in total. The van der Waals surface area contributed by atoms with Gasteiger partial charge in [-0.2, -0.15) is 0 Å². The van der Waals surface area contributed by atoms with Crippen LogP contribution in [0.5, 0.6) is 11.6 Å². The second-order valence-electron chi connectivity index (χ2n) is 8.00. The number of nitrogens with zero attached hydrogens (tertiary/aromatic N) is 3. The Bertz CT molecular complexity index is 880. The molecule has 0 aliphatic carbocycles. The quantitative estimate of drug-likeness (QED) is 0.781. The van der Waals surface area contributed by atoms with Crippen molar-refractivity contribution in [2.45, 2.75) is 45.3 Å². The lowest BCUT2D eigenvalue weighted by atomic mass is 10.1. The molecular formula is C21H27FN4O4. The molecule has 2 heterocycles. The topological polar surface area (TPSA) is 85.8 Å². The van der Waals surface area contributed by atoms with Gasteiger partial charge in [0.05, 0.1) is 7.11 Å². The van der Waals surface area contributed by atoms with Crippen LogP contribution in [0.25, 0.3) is 0 Å². The van der Waals surface area contributed by atoms with Crippen molar-refractivity contribution >= 4 is 17.6 Å². The molecule has 0 saturated carbocycles. The van der Waals surface area contributed by atoms with Gasteiger partial charge in [-0.1, -0.05) is 0 Å². The van der Waals surface area contributed by atoms with Crippen LogP contribution < -0.4 is 14.8 Å². The number of rotatable bonds is 5. The average Bonchev–Trinajstić information content (AvgIpc) is 2.68. The molecule has 0 bridgehead atoms. The minimum absolute atomic E-state index is 0.0649. The Balaban J connectivity index is 1.55. The lowest BCUT2D eigenvalue weighted by Crippen LogP contribution is -2.44. The van der Waals surface area contributed by atoms with Gasteiger partial charge >= 0.3 is 6.09 Å². The maximum atomic E-state index is 13.9. The smallest absolute Gasteiger partial charge is 0.410 e. The fourth-order valence-electron chi connectivity index (χ4n) is 3.02. The molecule has 1 aliphatic rings. The molecule has 9 heteroatoms. The highest BCUT2D eigenvalue weighted by Gasteiger charge is 2.27. The van der Waals surface area contributed by atoms with Crippen molar-refractivity contribution in [1.82, 2.24) is 14.9 Å². The second-order valence-corrected chi connectivity index (χ2v) is 8.00. The van der Waals surface area contributed by atoms with Crippen molar-refractivity contribution in [3.05, 3.63) is 36.4 Å². The molecule has 0 unspecified atom stereocenters. The predicted octanol–water partition coefficient (Wildman–Crippen LogP) is 4.15. The third-order valence-corrected chi connectivity index (χ3v) is 4.45. The van der Waals surface area contributed by atoms with Crippen LogP contribution in [0.2, 0.25) is 0 Å². The van der Waals surface area contributed by atoms with Gasteiger partial charge in [-0.15, -0.1) is 0 Å². The van der Waals surface area contributed by atoms with Crippen LogP contribution in [0.4, 0.5) is 20.7 Å². The van der Waals surface area contributed by atoms with Crippen LogP contribution in [0.1, 0.15) is 33.6 Å². The minimum atomic E-state index is -0.512. The van der Waals surface area contributed by atoms with Crippen molar-refractivity contribution in [2.75, 3.05) is 25.5 Å². The summed E-state index contributed by atoms with van der Waals surface area (Å²) in [5.74, 6) is 0.600. The van der Waals surface area contributed by atoms with Crippen LogP contribution in [-0.2, 0) is 4.74 Å². The third-order valence-electron chi connectivity index (χ3n) is 4.45. The van der Waals surface area contributed by atoms with E-state index in [4.69, 9.17) is 14.2 Å². The normalized spacial score (nSPS) is 14.9. The van der Waals surface area contributed by atoms with Crippen LogP contribution in [-0.4, -0.2) is 52.9 Å². The lowest BCUT2D eigenvalue weighted by Gasteiger charge is -2.33. The van der Waals surface area contributed by atoms with Gasteiger partial charge in [0.25, 0.3) is 0 Å². The number of hydrogen-bond acceptors (Lipinski definition) is 7. The number of halogens is 1. The number of nitrogens with one attached hydrogen (secondary N) is 1. The van der Waals surface area contributed by atoms with Gasteiger partial charge in [-0.25, -0.2) is 19.2 Å². The number of carbonyl (C=O) groups is 1. The van der Waals surface area contributed by atoms with E-state index in [0.717, 1.165) is 0 Å². The molecule has 0 radical (unpaired) electrons. The Morgan fingerprint density at radius 2 is 1.93 bits per heavy atom. The highest BCUT2D eigenvalue weighted by Crippen LogP contribution is 2.25. The molecule has 1 aromatic heterocycles. The first-order valence-electron chi connectivity index (χ1n) is 9.81. The molecule has 1 aromatic carbocycles. The first-order valence-corrected chi connectivity index (χ1v) is 9.81. The van der Waals surface area contributed by atoms with Crippen molar-refractivity contribution in [3.8, 4) is 11.6 Å². The van der Waals surface area contributed by atoms with Gasteiger partial charge in [0.2, 0.25) is 5.88 Å². The van der Waals surface area contributed by atoms with E-state index in [2.05, 4.69) is 15.3 Å². The summed E-state index contributed by atoms with van der Waals surface area (Å²) in [5.41, 5.74) is 0.0188. The van der Waals surface area contributed by atoms with E-state index in [1.54, 1.807) is 17.0 Å². The molecule has 0 spiro atoms. The predicted molar refractivity (Wildman–Crippen MR) is 110 cm³/mol. The number of likely N-dealkylation sites (tertiary alicyclic amines) is 1. The average molecular weight is 418 g/mol. The van der Waals surface area contributed by atoms with Crippen molar-refractivity contribution < 1.29 is 23.4 Å². The first kappa shape index (κ1) is 21.6. The molecule has 2 aromatic rings. The van der Waals surface area contributed by atoms with E-state index in [1.807, 2.05) is 20.8 Å². The molecule has 3 rings (SSSR count). The number of anilines is 2. The largest absolute Gasteiger partial charge is 0.494 e. The fraction of sp³-hybridized carbons (Fsp3) is 0.476. The standard InChI is InChI=1S/C21H27FN4O4/c1-21(2,3)30-20(27)26-9-7-15(8-10-26)29-19-12-18(23-13-24-19)25-14-5-6-17(28-4)16(22)11-14/h5-6,11-13,15H,7-10H2,1-4H3,(H,23,24,25). The Morgan fingerprint density at radius 3 is 2.57 bits per heavy atom. The van der Waals surface area contributed by atoms with Gasteiger partial charge in [-0.3, -0.25) is 0 Å². The number of hydrogen-bond donors (Lipinski definition) is 1. The molecule has 8 nitrogen and oxygen atoms in total. The monoisotopic (exact) mass is 418 g/mol. The van der Waals surface area contributed by atoms with Gasteiger partial charge in [-0.05, 0) is 32.9 Å². The number of benzene rings is 1. The number of amides is 1. The molecule has 1 saturated heterocycles. The van der Waals surface area contributed by atoms with Crippen LogP contribution in [0.3, 0.4) is 0 Å². The highest BCUT2D eigenvalue weighted by molar-refractivity contribution is 5.68. The van der Waals surface area contributed by atoms with Crippen molar-refractivity contribution in [2.24, 2.45) is 0 Å². The summed E-state index contributed by atoms with van der Waals surface area (Å²) < 4.78 is 30.1. The summed E-state index contributed by atoms with van der Waals surface area (Å²) in [4.78, 5) is 22.1. The van der Waals surface area contributed by atoms with Crippen LogP contribution >= 0.6 is 0 Å². The van der Waals surface area contributed by atoms with Crippen LogP contribution in [0, 0.1) is 5.82 Å². The zero-order valence-electron chi connectivity index (χ0n) is 17.6. The van der Waals surface area contributed by atoms with E-state index in [9.17, 15) is 9.18 Å². The van der Waals surface area contributed by atoms with Gasteiger partial charge in [0, 0.05) is 43.8 Å². The van der Waals surface area contributed by atoms with E-state index < -0.39 is 11.4 Å². The zero-order valence-corrected chi connectivity index (χ0v) is 17.6. The van der Waals surface area contributed by atoms with E-state index in [1.165, 1.54) is 25.6 Å². The Hall–Kier alpha value is -3.10. The summed E-state index contributed by atoms with van der Waals surface area (Å²) in [5, 5.41) is 3.02. The van der Waals surface area contributed by atoms with Gasteiger partial charge in [0.15, 0.2) is 11.6 Å². The van der Waals surface area contributed by atoms with Gasteiger partial charge < -0.3 is 24.4 Å². The zero-order chi connectivity index (χ0) is 21.7. The van der Waals surface area contributed by atoms with Crippen molar-refractivity contribution in [3.63, 3.8) is 0 Å². The second kappa shape index (κ2) is 9.15. The maximum Gasteiger partial charge on any atom is 0.410 e. The molecule has 1 fully saturated rings. The SMILES string of the molecule is COc1ccc(Nc2cc(OC3CCN(C(=O)OC(C)(C)C)CC3)ncn2)cc1F. The van der Waals surface area contributed by atoms with E-state index in [-0.39, 0.29) is 17.9 Å². The van der Waals surface area contributed by atoms with Gasteiger partial charge in [0.1, 0.15) is 23.9 Å². The third kappa shape index (κ3) is 5.95. The van der Waals surface area contributed by atoms with Crippen molar-refractivity contribution in [1.29, 1.82) is 0 Å². The molecule has 0 atom stereocenters. The molecule has 1 amide bonds. The first-order chi connectivity index (χ1) is 14.2. The maximum absolute atomic E-state index is 13.9. The number of ether oxygens (including phenoxy) is 3. The number of carbonyl (C=O) groups excluding carboxylic acids is 1. The van der Waals surface area contributed by atoms with Crippen LogP contribution in [0.15, 0.2) is 30.6 Å². The molecule has 1 aliphatic heterocycles. The highest BCUT2D eigenvalue weighted by atomic mass is 19.1. The summed E-state index contributed by atoms with van der Waals surface area (Å²) >= 11 is 0. The number of piperidine rings is 1. The molecule has 30 heavy (non-hydrogen) atoms. The Kier molecular flexibility index (Phi) is 6.59. The molecular weight excluding hydrogens is 391 g/mol. The lowest BCUT2D eigenvalue weighted by molar-refractivity contribution is 0.0123. The number of methoxy groups -OCH3 is 1. The minimum Gasteiger partial charge on any atom is -0.494 e. The summed E-state index contributed by atoms with van der Waals surface area (Å²) in [6.07, 6.45) is 2.37. The number of aromatic nitrogens is 2. The molecule has 162 valence electrons. The van der Waals surface area contributed by atoms with E-state index >= 15 is 0 Å². The Labute approximate surface area is 175 Å². The summed E-state index contributed by atoms with van der Waals surface area (Å²) in [7, 11) is 1.41. The Morgan fingerprint density at radius 1 is 1.20 bits per heavy atom. The summed E-state index contributed by atoms with van der Waals surface area (Å²) in [6.45, 7) is 6.66. The fourth-order valence-corrected chi connectivity index (χ4v) is 3.02.